The van der Waals surface area contributed by atoms with Crippen molar-refractivity contribution in [3.05, 3.63) is 29.3 Å². The zero-order chi connectivity index (χ0) is 14.4. The number of carboxylic acid groups (broad SMARTS) is 1. The van der Waals surface area contributed by atoms with Crippen LogP contribution in [0.25, 0.3) is 0 Å². The molecule has 0 aliphatic rings. The third kappa shape index (κ3) is 5.98. The summed E-state index contributed by atoms with van der Waals surface area (Å²) in [6.45, 7) is 3.45. The lowest BCUT2D eigenvalue weighted by atomic mass is 10.2. The summed E-state index contributed by atoms with van der Waals surface area (Å²) in [7, 11) is 0. The summed E-state index contributed by atoms with van der Waals surface area (Å²) < 4.78 is 0. The van der Waals surface area contributed by atoms with E-state index in [4.69, 9.17) is 16.7 Å². The maximum atomic E-state index is 11.9. The number of halogens is 1. The maximum Gasteiger partial charge on any atom is 0.305 e. The Labute approximate surface area is 121 Å². The van der Waals surface area contributed by atoms with Crippen LogP contribution in [0.15, 0.2) is 29.2 Å². The van der Waals surface area contributed by atoms with Gasteiger partial charge in [0, 0.05) is 16.0 Å². The molecule has 0 aromatic heterocycles. The van der Waals surface area contributed by atoms with Crippen molar-refractivity contribution in [3.8, 4) is 0 Å². The van der Waals surface area contributed by atoms with Gasteiger partial charge in [-0.05, 0) is 38.1 Å². The first-order chi connectivity index (χ1) is 8.88. The normalized spacial score (nSPS) is 13.6. The number of benzene rings is 1. The zero-order valence-electron chi connectivity index (χ0n) is 10.7. The van der Waals surface area contributed by atoms with Gasteiger partial charge in [0.2, 0.25) is 5.91 Å². The van der Waals surface area contributed by atoms with Crippen molar-refractivity contribution in [2.45, 2.75) is 36.5 Å². The highest BCUT2D eigenvalue weighted by molar-refractivity contribution is 8.00. The van der Waals surface area contributed by atoms with Crippen LogP contribution in [0.1, 0.15) is 20.3 Å². The van der Waals surface area contributed by atoms with E-state index >= 15 is 0 Å². The third-order valence-electron chi connectivity index (χ3n) is 2.37. The summed E-state index contributed by atoms with van der Waals surface area (Å²) in [6.07, 6.45) is -0.0793. The molecule has 1 aromatic rings. The predicted molar refractivity (Wildman–Crippen MR) is 76.6 cm³/mol. The van der Waals surface area contributed by atoms with Gasteiger partial charge in [0.05, 0.1) is 11.7 Å². The van der Waals surface area contributed by atoms with E-state index in [0.29, 0.717) is 5.02 Å². The number of carbonyl (C=O) groups is 2. The molecule has 2 unspecified atom stereocenters. The van der Waals surface area contributed by atoms with Crippen molar-refractivity contribution in [1.29, 1.82) is 0 Å². The second kappa shape index (κ2) is 7.40. The average Bonchev–Trinajstić information content (AvgIpc) is 2.30. The van der Waals surface area contributed by atoms with Crippen molar-refractivity contribution < 1.29 is 14.7 Å². The van der Waals surface area contributed by atoms with E-state index in [9.17, 15) is 9.59 Å². The van der Waals surface area contributed by atoms with E-state index in [0.717, 1.165) is 4.90 Å². The van der Waals surface area contributed by atoms with Crippen molar-refractivity contribution in [2.24, 2.45) is 0 Å². The molecular formula is C13H16ClNO3S. The minimum Gasteiger partial charge on any atom is -0.481 e. The van der Waals surface area contributed by atoms with Crippen LogP contribution in [-0.4, -0.2) is 28.3 Å². The SMILES string of the molecule is CC(CC(=O)O)NC(=O)C(C)Sc1ccc(Cl)cc1. The van der Waals surface area contributed by atoms with E-state index in [-0.39, 0.29) is 23.6 Å². The molecule has 1 rings (SSSR count). The molecule has 0 fully saturated rings. The Balaban J connectivity index is 2.48. The third-order valence-corrected chi connectivity index (χ3v) is 3.73. The quantitative estimate of drug-likeness (QED) is 0.793. The molecule has 1 aromatic carbocycles. The smallest absolute Gasteiger partial charge is 0.305 e. The molecule has 0 bridgehead atoms. The molecule has 4 nitrogen and oxygen atoms in total. The summed E-state index contributed by atoms with van der Waals surface area (Å²) in [5.41, 5.74) is 0. The molecule has 0 spiro atoms. The molecule has 19 heavy (non-hydrogen) atoms. The summed E-state index contributed by atoms with van der Waals surface area (Å²) in [4.78, 5) is 23.3. The lowest BCUT2D eigenvalue weighted by Gasteiger charge is -2.16. The van der Waals surface area contributed by atoms with Crippen molar-refractivity contribution in [1.82, 2.24) is 5.32 Å². The van der Waals surface area contributed by atoms with Gasteiger partial charge >= 0.3 is 5.97 Å². The Morgan fingerprint density at radius 2 is 1.89 bits per heavy atom. The zero-order valence-corrected chi connectivity index (χ0v) is 12.3. The highest BCUT2D eigenvalue weighted by Crippen LogP contribution is 2.24. The van der Waals surface area contributed by atoms with E-state index in [1.165, 1.54) is 11.8 Å². The largest absolute Gasteiger partial charge is 0.481 e. The Morgan fingerprint density at radius 1 is 1.32 bits per heavy atom. The van der Waals surface area contributed by atoms with E-state index in [2.05, 4.69) is 5.32 Å². The number of hydrogen-bond donors (Lipinski definition) is 2. The molecule has 0 saturated carbocycles. The van der Waals surface area contributed by atoms with Crippen LogP contribution in [0.3, 0.4) is 0 Å². The van der Waals surface area contributed by atoms with Gasteiger partial charge in [-0.1, -0.05) is 11.6 Å². The van der Waals surface area contributed by atoms with E-state index < -0.39 is 5.97 Å². The Hall–Kier alpha value is -1.20. The highest BCUT2D eigenvalue weighted by Gasteiger charge is 2.17. The number of rotatable bonds is 6. The number of aliphatic carboxylic acids is 1. The molecule has 2 N–H and O–H groups in total. The van der Waals surface area contributed by atoms with Gasteiger partial charge in [-0.3, -0.25) is 9.59 Å². The van der Waals surface area contributed by atoms with Gasteiger partial charge in [-0.15, -0.1) is 11.8 Å². The summed E-state index contributed by atoms with van der Waals surface area (Å²) in [6, 6.07) is 6.84. The fraction of sp³-hybridized carbons (Fsp3) is 0.385. The molecule has 0 aliphatic carbocycles. The van der Waals surface area contributed by atoms with E-state index in [1.807, 2.05) is 12.1 Å². The second-order valence-electron chi connectivity index (χ2n) is 4.22. The molecule has 1 amide bonds. The minimum atomic E-state index is -0.925. The van der Waals surface area contributed by atoms with Crippen LogP contribution < -0.4 is 5.32 Å². The molecule has 0 radical (unpaired) electrons. The van der Waals surface area contributed by atoms with Crippen LogP contribution in [-0.2, 0) is 9.59 Å². The lowest BCUT2D eigenvalue weighted by molar-refractivity contribution is -0.137. The van der Waals surface area contributed by atoms with Gasteiger partial charge < -0.3 is 10.4 Å². The molecule has 6 heteroatoms. The fourth-order valence-corrected chi connectivity index (χ4v) is 2.45. The van der Waals surface area contributed by atoms with Crippen molar-refractivity contribution in [3.63, 3.8) is 0 Å². The molecule has 0 aliphatic heterocycles. The van der Waals surface area contributed by atoms with Crippen molar-refractivity contribution in [2.75, 3.05) is 0 Å². The van der Waals surface area contributed by atoms with Gasteiger partial charge in [0.1, 0.15) is 0 Å². The second-order valence-corrected chi connectivity index (χ2v) is 6.07. The number of amides is 1. The molecular weight excluding hydrogens is 286 g/mol. The highest BCUT2D eigenvalue weighted by atomic mass is 35.5. The maximum absolute atomic E-state index is 11.9. The lowest BCUT2D eigenvalue weighted by Crippen LogP contribution is -2.38. The number of thioether (sulfide) groups is 1. The summed E-state index contributed by atoms with van der Waals surface area (Å²) in [5.74, 6) is -1.10. The summed E-state index contributed by atoms with van der Waals surface area (Å²) in [5, 5.41) is 11.7. The number of hydrogen-bond acceptors (Lipinski definition) is 3. The van der Waals surface area contributed by atoms with Crippen LogP contribution >= 0.6 is 23.4 Å². The Morgan fingerprint density at radius 3 is 2.42 bits per heavy atom. The molecule has 0 saturated heterocycles. The van der Waals surface area contributed by atoms with Crippen molar-refractivity contribution >= 4 is 35.2 Å². The van der Waals surface area contributed by atoms with Crippen LogP contribution in [0, 0.1) is 0 Å². The summed E-state index contributed by atoms with van der Waals surface area (Å²) >= 11 is 7.19. The average molecular weight is 302 g/mol. The number of carbonyl (C=O) groups excluding carboxylic acids is 1. The molecule has 104 valence electrons. The molecule has 2 atom stereocenters. The Bertz CT molecular complexity index is 450. The van der Waals surface area contributed by atoms with Gasteiger partial charge in [-0.25, -0.2) is 0 Å². The van der Waals surface area contributed by atoms with Crippen LogP contribution in [0.2, 0.25) is 5.02 Å². The first-order valence-electron chi connectivity index (χ1n) is 5.83. The first-order valence-corrected chi connectivity index (χ1v) is 7.08. The van der Waals surface area contributed by atoms with Crippen LogP contribution in [0.5, 0.6) is 0 Å². The number of carboxylic acids is 1. The number of nitrogens with one attached hydrogen (secondary N) is 1. The Kier molecular flexibility index (Phi) is 6.18. The van der Waals surface area contributed by atoms with Gasteiger partial charge in [0.15, 0.2) is 0 Å². The monoisotopic (exact) mass is 301 g/mol. The van der Waals surface area contributed by atoms with Gasteiger partial charge in [-0.2, -0.15) is 0 Å². The fourth-order valence-electron chi connectivity index (χ4n) is 1.44. The van der Waals surface area contributed by atoms with Gasteiger partial charge in [0.25, 0.3) is 0 Å². The predicted octanol–water partition coefficient (Wildman–Crippen LogP) is 2.80. The topological polar surface area (TPSA) is 66.4 Å². The minimum absolute atomic E-state index is 0.0793. The standard InChI is InChI=1S/C13H16ClNO3S/c1-8(7-12(16)17)15-13(18)9(2)19-11-5-3-10(14)4-6-11/h3-6,8-9H,7H2,1-2H3,(H,15,18)(H,16,17). The van der Waals surface area contributed by atoms with E-state index in [1.54, 1.807) is 26.0 Å². The first kappa shape index (κ1) is 15.9. The molecule has 0 heterocycles. The van der Waals surface area contributed by atoms with Crippen LogP contribution in [0.4, 0.5) is 0 Å².